The molecule has 1 fully saturated rings. The Morgan fingerprint density at radius 2 is 2.11 bits per heavy atom. The molecule has 0 aromatic carbocycles. The van der Waals surface area contributed by atoms with E-state index < -0.39 is 0 Å². The van der Waals surface area contributed by atoms with Crippen LogP contribution in [0, 0.1) is 5.92 Å². The summed E-state index contributed by atoms with van der Waals surface area (Å²) in [5.41, 5.74) is 2.44. The largest absolute Gasteiger partial charge is 0.381 e. The SMILES string of the molecule is CNCc1nnn(CCC(C)C)c1C1CCOCC1. The molecule has 0 spiro atoms. The first kappa shape index (κ1) is 14.5. The Kier molecular flexibility index (Phi) is 5.34. The van der Waals surface area contributed by atoms with Gasteiger partial charge in [0.15, 0.2) is 0 Å². The summed E-state index contributed by atoms with van der Waals surface area (Å²) >= 11 is 0. The molecule has 0 aliphatic carbocycles. The summed E-state index contributed by atoms with van der Waals surface area (Å²) in [5.74, 6) is 1.25. The van der Waals surface area contributed by atoms with E-state index in [4.69, 9.17) is 4.74 Å². The van der Waals surface area contributed by atoms with E-state index in [9.17, 15) is 0 Å². The maximum Gasteiger partial charge on any atom is 0.0999 e. The van der Waals surface area contributed by atoms with E-state index in [1.807, 2.05) is 7.05 Å². The predicted molar refractivity (Wildman–Crippen MR) is 75.0 cm³/mol. The fourth-order valence-electron chi connectivity index (χ4n) is 2.61. The average Bonchev–Trinajstić information content (AvgIpc) is 2.81. The number of nitrogens with zero attached hydrogens (tertiary/aromatic N) is 3. The van der Waals surface area contributed by atoms with E-state index in [1.165, 1.54) is 5.69 Å². The highest BCUT2D eigenvalue weighted by molar-refractivity contribution is 5.16. The second kappa shape index (κ2) is 7.01. The molecule has 1 aliphatic rings. The van der Waals surface area contributed by atoms with Crippen LogP contribution < -0.4 is 5.32 Å². The fourth-order valence-corrected chi connectivity index (χ4v) is 2.61. The number of aromatic nitrogens is 3. The lowest BCUT2D eigenvalue weighted by Gasteiger charge is -2.23. The molecule has 0 atom stereocenters. The van der Waals surface area contributed by atoms with Crippen molar-refractivity contribution in [2.45, 2.75) is 52.1 Å². The van der Waals surface area contributed by atoms with Gasteiger partial charge in [0.1, 0.15) is 0 Å². The minimum Gasteiger partial charge on any atom is -0.381 e. The summed E-state index contributed by atoms with van der Waals surface area (Å²) in [6.07, 6.45) is 3.33. The van der Waals surface area contributed by atoms with Crippen LogP contribution in [-0.4, -0.2) is 35.3 Å². The summed E-state index contributed by atoms with van der Waals surface area (Å²) in [7, 11) is 1.96. The number of aryl methyl sites for hydroxylation is 1. The number of rotatable bonds is 6. The van der Waals surface area contributed by atoms with Gasteiger partial charge in [0, 0.05) is 32.2 Å². The molecule has 5 heteroatoms. The van der Waals surface area contributed by atoms with Gasteiger partial charge >= 0.3 is 0 Å². The Morgan fingerprint density at radius 1 is 1.37 bits per heavy atom. The standard InChI is InChI=1S/C14H26N4O/c1-11(2)4-7-18-14(12-5-8-19-9-6-12)13(10-15-3)16-17-18/h11-12,15H,4-10H2,1-3H3. The lowest BCUT2D eigenvalue weighted by molar-refractivity contribution is 0.0832. The Labute approximate surface area is 115 Å². The molecule has 2 heterocycles. The van der Waals surface area contributed by atoms with Crippen molar-refractivity contribution in [2.75, 3.05) is 20.3 Å². The highest BCUT2D eigenvalue weighted by Crippen LogP contribution is 2.29. The maximum absolute atomic E-state index is 5.47. The van der Waals surface area contributed by atoms with Gasteiger partial charge in [0.05, 0.1) is 11.4 Å². The third-order valence-corrected chi connectivity index (χ3v) is 3.72. The van der Waals surface area contributed by atoms with E-state index >= 15 is 0 Å². The van der Waals surface area contributed by atoms with Gasteiger partial charge in [-0.2, -0.15) is 0 Å². The Balaban J connectivity index is 2.16. The van der Waals surface area contributed by atoms with Gasteiger partial charge in [-0.05, 0) is 32.2 Å². The molecule has 19 heavy (non-hydrogen) atoms. The summed E-state index contributed by atoms with van der Waals surface area (Å²) in [4.78, 5) is 0. The monoisotopic (exact) mass is 266 g/mol. The molecule has 2 rings (SSSR count). The zero-order valence-corrected chi connectivity index (χ0v) is 12.4. The van der Waals surface area contributed by atoms with E-state index in [0.29, 0.717) is 11.8 Å². The first-order chi connectivity index (χ1) is 9.22. The van der Waals surface area contributed by atoms with Gasteiger partial charge in [-0.25, -0.2) is 4.68 Å². The molecule has 1 N–H and O–H groups in total. The zero-order chi connectivity index (χ0) is 13.7. The van der Waals surface area contributed by atoms with Crippen LogP contribution in [0.15, 0.2) is 0 Å². The number of nitrogens with one attached hydrogen (secondary N) is 1. The van der Waals surface area contributed by atoms with Crippen LogP contribution >= 0.6 is 0 Å². The summed E-state index contributed by atoms with van der Waals surface area (Å²) in [6, 6.07) is 0. The van der Waals surface area contributed by atoms with Crippen molar-refractivity contribution in [1.82, 2.24) is 20.3 Å². The van der Waals surface area contributed by atoms with Crippen LogP contribution in [0.3, 0.4) is 0 Å². The van der Waals surface area contributed by atoms with Crippen LogP contribution in [0.5, 0.6) is 0 Å². The zero-order valence-electron chi connectivity index (χ0n) is 12.4. The van der Waals surface area contributed by atoms with Gasteiger partial charge < -0.3 is 10.1 Å². The van der Waals surface area contributed by atoms with Crippen molar-refractivity contribution >= 4 is 0 Å². The summed E-state index contributed by atoms with van der Waals surface area (Å²) in [6.45, 7) is 7.99. The number of hydrogen-bond donors (Lipinski definition) is 1. The minimum absolute atomic E-state index is 0.555. The number of ether oxygens (including phenoxy) is 1. The van der Waals surface area contributed by atoms with Crippen LogP contribution in [-0.2, 0) is 17.8 Å². The van der Waals surface area contributed by atoms with Crippen LogP contribution in [0.2, 0.25) is 0 Å². The Bertz CT molecular complexity index is 383. The molecule has 0 unspecified atom stereocenters. The lowest BCUT2D eigenvalue weighted by atomic mass is 9.94. The van der Waals surface area contributed by atoms with E-state index in [0.717, 1.165) is 51.3 Å². The number of hydrogen-bond acceptors (Lipinski definition) is 4. The van der Waals surface area contributed by atoms with E-state index in [2.05, 4.69) is 34.2 Å². The fraction of sp³-hybridized carbons (Fsp3) is 0.857. The molecule has 0 bridgehead atoms. The molecule has 108 valence electrons. The highest BCUT2D eigenvalue weighted by Gasteiger charge is 2.24. The first-order valence-corrected chi connectivity index (χ1v) is 7.37. The maximum atomic E-state index is 5.47. The normalized spacial score (nSPS) is 17.3. The molecule has 1 aliphatic heterocycles. The third-order valence-electron chi connectivity index (χ3n) is 3.72. The molecule has 0 amide bonds. The van der Waals surface area contributed by atoms with Crippen molar-refractivity contribution < 1.29 is 4.74 Å². The van der Waals surface area contributed by atoms with Crippen LogP contribution in [0.1, 0.15) is 50.4 Å². The third kappa shape index (κ3) is 3.76. The molecule has 0 saturated carbocycles. The Morgan fingerprint density at radius 3 is 2.74 bits per heavy atom. The van der Waals surface area contributed by atoms with Crippen molar-refractivity contribution in [3.8, 4) is 0 Å². The van der Waals surface area contributed by atoms with E-state index in [1.54, 1.807) is 0 Å². The summed E-state index contributed by atoms with van der Waals surface area (Å²) in [5, 5.41) is 11.9. The molecular weight excluding hydrogens is 240 g/mol. The minimum atomic E-state index is 0.555. The average molecular weight is 266 g/mol. The highest BCUT2D eigenvalue weighted by atomic mass is 16.5. The van der Waals surface area contributed by atoms with Gasteiger partial charge in [0.25, 0.3) is 0 Å². The van der Waals surface area contributed by atoms with Crippen molar-refractivity contribution in [1.29, 1.82) is 0 Å². The molecule has 1 aromatic rings. The second-order valence-electron chi connectivity index (χ2n) is 5.74. The van der Waals surface area contributed by atoms with E-state index in [-0.39, 0.29) is 0 Å². The molecule has 5 nitrogen and oxygen atoms in total. The molecule has 1 aromatic heterocycles. The van der Waals surface area contributed by atoms with Gasteiger partial charge in [-0.1, -0.05) is 19.1 Å². The molecule has 1 saturated heterocycles. The first-order valence-electron chi connectivity index (χ1n) is 7.37. The Hall–Kier alpha value is -0.940. The van der Waals surface area contributed by atoms with Crippen molar-refractivity contribution in [3.05, 3.63) is 11.4 Å². The predicted octanol–water partition coefficient (Wildman–Crippen LogP) is 1.94. The smallest absolute Gasteiger partial charge is 0.0999 e. The van der Waals surface area contributed by atoms with Crippen LogP contribution in [0.4, 0.5) is 0 Å². The lowest BCUT2D eigenvalue weighted by Crippen LogP contribution is -2.20. The van der Waals surface area contributed by atoms with Gasteiger partial charge in [0.2, 0.25) is 0 Å². The second-order valence-corrected chi connectivity index (χ2v) is 5.74. The van der Waals surface area contributed by atoms with Crippen molar-refractivity contribution in [2.24, 2.45) is 5.92 Å². The van der Waals surface area contributed by atoms with Crippen LogP contribution in [0.25, 0.3) is 0 Å². The molecular formula is C14H26N4O. The van der Waals surface area contributed by atoms with Gasteiger partial charge in [-0.3, -0.25) is 0 Å². The summed E-state index contributed by atoms with van der Waals surface area (Å²) < 4.78 is 7.60. The van der Waals surface area contributed by atoms with Gasteiger partial charge in [-0.15, -0.1) is 5.10 Å². The van der Waals surface area contributed by atoms with Crippen molar-refractivity contribution in [3.63, 3.8) is 0 Å². The topological polar surface area (TPSA) is 52.0 Å². The molecule has 0 radical (unpaired) electrons. The quantitative estimate of drug-likeness (QED) is 0.855.